The molecule has 2 aromatic carbocycles. The number of nitrogens with one attached hydrogen (secondary N) is 1. The van der Waals surface area contributed by atoms with Gasteiger partial charge < -0.3 is 14.0 Å². The first-order valence-corrected chi connectivity index (χ1v) is 17.5. The summed E-state index contributed by atoms with van der Waals surface area (Å²) in [6.07, 6.45) is 3.99. The molecule has 1 atom stereocenters. The zero-order chi connectivity index (χ0) is 32.8. The van der Waals surface area contributed by atoms with E-state index in [1.807, 2.05) is 41.5 Å². The summed E-state index contributed by atoms with van der Waals surface area (Å²) in [5.41, 5.74) is 1.29. The Bertz CT molecular complexity index is 1370. The minimum atomic E-state index is -3.99. The van der Waals surface area contributed by atoms with E-state index >= 15 is 0 Å². The maximum Gasteiger partial charge on any atom is 0.338 e. The van der Waals surface area contributed by atoms with Crippen molar-refractivity contribution in [3.8, 4) is 11.5 Å². The first-order valence-electron chi connectivity index (χ1n) is 14.9. The number of aromatic hydroxyl groups is 1. The molecule has 0 bridgehead atoms. The standard InChI is InChI=1S/C32H50N2O7S2/c1-11-14-15-16-17-40-30(36)23-19-25(31(5,6)7)29(26(20-23)32(8,9)10)41-42(37)33-24-18-22(4)28(35)27(21-24)43(38,39)34(12-2)13-3/h18-21,33,35H,11-17H2,1-10H3. The Kier molecular flexibility index (Phi) is 12.7. The number of hydrogen-bond donors (Lipinski definition) is 2. The second kappa shape index (κ2) is 14.9. The van der Waals surface area contributed by atoms with Crippen molar-refractivity contribution in [2.45, 2.75) is 111 Å². The monoisotopic (exact) mass is 638 g/mol. The van der Waals surface area contributed by atoms with Crippen molar-refractivity contribution < 1.29 is 31.4 Å². The van der Waals surface area contributed by atoms with Gasteiger partial charge in [0.25, 0.3) is 0 Å². The maximum atomic E-state index is 13.5. The van der Waals surface area contributed by atoms with Crippen molar-refractivity contribution in [2.24, 2.45) is 0 Å². The van der Waals surface area contributed by atoms with Gasteiger partial charge in [0.2, 0.25) is 10.0 Å². The van der Waals surface area contributed by atoms with Gasteiger partial charge in [-0.3, -0.25) is 4.72 Å². The van der Waals surface area contributed by atoms with Crippen LogP contribution in [0.5, 0.6) is 11.5 Å². The maximum absolute atomic E-state index is 13.5. The Morgan fingerprint density at radius 2 is 1.49 bits per heavy atom. The molecule has 43 heavy (non-hydrogen) atoms. The number of sulfonamides is 1. The molecule has 0 aliphatic heterocycles. The third-order valence-electron chi connectivity index (χ3n) is 7.12. The summed E-state index contributed by atoms with van der Waals surface area (Å²) in [5, 5.41) is 10.6. The minimum Gasteiger partial charge on any atom is -0.506 e. The number of carbonyl (C=O) groups excluding carboxylic acids is 1. The molecule has 1 unspecified atom stereocenters. The smallest absolute Gasteiger partial charge is 0.338 e. The third kappa shape index (κ3) is 9.43. The van der Waals surface area contributed by atoms with E-state index in [4.69, 9.17) is 8.92 Å². The SMILES string of the molecule is CCCCCCOC(=O)c1cc(C(C)(C)C)c(OS(=O)Nc2cc(C)c(O)c(S(=O)(=O)N(CC)CC)c2)c(C(C)(C)C)c1. The van der Waals surface area contributed by atoms with Gasteiger partial charge in [-0.05, 0) is 54.0 Å². The van der Waals surface area contributed by atoms with Crippen molar-refractivity contribution in [1.29, 1.82) is 0 Å². The molecule has 0 spiro atoms. The van der Waals surface area contributed by atoms with Crippen LogP contribution in [-0.2, 0) is 36.9 Å². The van der Waals surface area contributed by atoms with Crippen LogP contribution in [0.25, 0.3) is 0 Å². The van der Waals surface area contributed by atoms with E-state index in [2.05, 4.69) is 11.6 Å². The lowest BCUT2D eigenvalue weighted by Gasteiger charge is -2.29. The highest BCUT2D eigenvalue weighted by molar-refractivity contribution is 7.89. The molecule has 2 N–H and O–H groups in total. The van der Waals surface area contributed by atoms with Gasteiger partial charge in [0.05, 0.1) is 17.9 Å². The number of hydrogen-bond acceptors (Lipinski definition) is 7. The second-order valence-electron chi connectivity index (χ2n) is 12.7. The summed E-state index contributed by atoms with van der Waals surface area (Å²) in [6.45, 7) is 19.8. The predicted octanol–water partition coefficient (Wildman–Crippen LogP) is 7.13. The van der Waals surface area contributed by atoms with Gasteiger partial charge in [-0.1, -0.05) is 81.6 Å². The van der Waals surface area contributed by atoms with Crippen molar-refractivity contribution in [3.63, 3.8) is 0 Å². The van der Waals surface area contributed by atoms with Crippen LogP contribution in [0.2, 0.25) is 0 Å². The van der Waals surface area contributed by atoms with Gasteiger partial charge in [-0.2, -0.15) is 8.51 Å². The van der Waals surface area contributed by atoms with Crippen LogP contribution in [0.1, 0.15) is 115 Å². The van der Waals surface area contributed by atoms with Crippen LogP contribution >= 0.6 is 0 Å². The molecule has 0 aromatic heterocycles. The molecular formula is C32H50N2O7S2. The lowest BCUT2D eigenvalue weighted by atomic mass is 9.78. The van der Waals surface area contributed by atoms with Crippen molar-refractivity contribution in [3.05, 3.63) is 46.5 Å². The van der Waals surface area contributed by atoms with E-state index in [-0.39, 0.29) is 29.4 Å². The average Bonchev–Trinajstić information content (AvgIpc) is 2.89. The number of rotatable bonds is 14. The molecule has 0 aliphatic rings. The summed E-state index contributed by atoms with van der Waals surface area (Å²) in [4.78, 5) is 12.8. The highest BCUT2D eigenvalue weighted by Gasteiger charge is 2.31. The van der Waals surface area contributed by atoms with Crippen LogP contribution in [0, 0.1) is 6.92 Å². The zero-order valence-electron chi connectivity index (χ0n) is 27.4. The van der Waals surface area contributed by atoms with E-state index in [1.54, 1.807) is 32.9 Å². The lowest BCUT2D eigenvalue weighted by molar-refractivity contribution is 0.0497. The zero-order valence-corrected chi connectivity index (χ0v) is 29.1. The van der Waals surface area contributed by atoms with Gasteiger partial charge in [-0.15, -0.1) is 0 Å². The van der Waals surface area contributed by atoms with Gasteiger partial charge in [-0.25, -0.2) is 13.2 Å². The van der Waals surface area contributed by atoms with Crippen LogP contribution < -0.4 is 8.91 Å². The van der Waals surface area contributed by atoms with E-state index in [0.717, 1.165) is 25.7 Å². The first-order chi connectivity index (χ1) is 19.9. The number of phenols is 1. The van der Waals surface area contributed by atoms with Crippen molar-refractivity contribution >= 4 is 32.9 Å². The molecule has 0 amide bonds. The molecule has 242 valence electrons. The van der Waals surface area contributed by atoms with Gasteiger partial charge in [0.15, 0.2) is 0 Å². The molecule has 0 saturated carbocycles. The number of aryl methyl sites for hydroxylation is 1. The summed E-state index contributed by atoms with van der Waals surface area (Å²) < 4.78 is 55.5. The average molecular weight is 639 g/mol. The topological polar surface area (TPSA) is 122 Å². The fraction of sp³-hybridized carbons (Fsp3) is 0.594. The quantitative estimate of drug-likeness (QED) is 0.128. The number of anilines is 1. The minimum absolute atomic E-state index is 0.206. The molecule has 0 fully saturated rings. The second-order valence-corrected chi connectivity index (χ2v) is 15.5. The van der Waals surface area contributed by atoms with Gasteiger partial charge >= 0.3 is 17.2 Å². The van der Waals surface area contributed by atoms with E-state index in [0.29, 0.717) is 34.6 Å². The molecule has 11 heteroatoms. The fourth-order valence-electron chi connectivity index (χ4n) is 4.63. The number of nitrogens with zero attached hydrogens (tertiary/aromatic N) is 1. The molecule has 0 radical (unpaired) electrons. The van der Waals surface area contributed by atoms with Crippen LogP contribution in [0.15, 0.2) is 29.2 Å². The highest BCUT2D eigenvalue weighted by atomic mass is 32.2. The van der Waals surface area contributed by atoms with Crippen molar-refractivity contribution in [2.75, 3.05) is 24.4 Å². The Morgan fingerprint density at radius 1 is 0.930 bits per heavy atom. The van der Waals surface area contributed by atoms with Gasteiger partial charge in [0, 0.05) is 24.2 Å². The number of carbonyl (C=O) groups is 1. The summed E-state index contributed by atoms with van der Waals surface area (Å²) >= 11 is -2.16. The molecular weight excluding hydrogens is 588 g/mol. The molecule has 0 heterocycles. The molecule has 2 rings (SSSR count). The Hall–Kier alpha value is -2.63. The van der Waals surface area contributed by atoms with Crippen LogP contribution in [0.3, 0.4) is 0 Å². The van der Waals surface area contributed by atoms with Crippen LogP contribution in [-0.4, -0.2) is 47.7 Å². The number of phenolic OH excluding ortho intramolecular Hbond substituents is 1. The van der Waals surface area contributed by atoms with Crippen molar-refractivity contribution in [1.82, 2.24) is 4.31 Å². The number of unbranched alkanes of at least 4 members (excludes halogenated alkanes) is 3. The van der Waals surface area contributed by atoms with Crippen LogP contribution in [0.4, 0.5) is 5.69 Å². The lowest BCUT2D eigenvalue weighted by Crippen LogP contribution is -2.30. The Labute approximate surface area is 261 Å². The third-order valence-corrected chi connectivity index (χ3v) is 9.90. The number of esters is 1. The largest absolute Gasteiger partial charge is 0.506 e. The predicted molar refractivity (Wildman–Crippen MR) is 174 cm³/mol. The first kappa shape index (κ1) is 36.6. The fourth-order valence-corrected chi connectivity index (χ4v) is 6.95. The number of benzene rings is 2. The molecule has 9 nitrogen and oxygen atoms in total. The molecule has 0 saturated heterocycles. The number of ether oxygens (including phenoxy) is 1. The molecule has 2 aromatic rings. The Morgan fingerprint density at radius 3 is 1.98 bits per heavy atom. The van der Waals surface area contributed by atoms with Gasteiger partial charge in [0.1, 0.15) is 16.4 Å². The Balaban J connectivity index is 2.51. The molecule has 0 aliphatic carbocycles. The summed E-state index contributed by atoms with van der Waals surface area (Å²) in [5.74, 6) is -0.404. The van der Waals surface area contributed by atoms with E-state index in [9.17, 15) is 22.5 Å². The van der Waals surface area contributed by atoms with E-state index in [1.165, 1.54) is 16.4 Å². The highest BCUT2D eigenvalue weighted by Crippen LogP contribution is 2.41. The summed E-state index contributed by atoms with van der Waals surface area (Å²) in [6, 6.07) is 6.23. The van der Waals surface area contributed by atoms with E-state index < -0.39 is 38.1 Å². The summed E-state index contributed by atoms with van der Waals surface area (Å²) in [7, 11) is -3.99. The normalized spacial score (nSPS) is 13.2.